The second-order valence-electron chi connectivity index (χ2n) is 3.17. The summed E-state index contributed by atoms with van der Waals surface area (Å²) in [6, 6.07) is 0. The minimum absolute atomic E-state index is 0.743. The van der Waals surface area contributed by atoms with Gasteiger partial charge in [-0.15, -0.1) is 6.58 Å². The van der Waals surface area contributed by atoms with E-state index < -0.39 is 0 Å². The topological polar surface area (TPSA) is 0 Å². The van der Waals surface area contributed by atoms with Crippen molar-refractivity contribution >= 4 is 0 Å². The van der Waals surface area contributed by atoms with Crippen LogP contribution < -0.4 is 0 Å². The molecule has 1 unspecified atom stereocenters. The monoisotopic (exact) mass is 166 g/mol. The van der Waals surface area contributed by atoms with Gasteiger partial charge in [-0.1, -0.05) is 38.5 Å². The number of hydrogen-bond donors (Lipinski definition) is 0. The van der Waals surface area contributed by atoms with Crippen molar-refractivity contribution in [1.82, 2.24) is 0 Å². The van der Waals surface area contributed by atoms with Crippen LogP contribution in [-0.2, 0) is 0 Å². The van der Waals surface area contributed by atoms with Crippen LogP contribution in [0.5, 0.6) is 0 Å². The Labute approximate surface area is 77.4 Å². The molecule has 0 fully saturated rings. The van der Waals surface area contributed by atoms with Gasteiger partial charge in [0.1, 0.15) is 0 Å². The number of rotatable bonds is 6. The summed E-state index contributed by atoms with van der Waals surface area (Å²) in [5, 5.41) is 0. The van der Waals surface area contributed by atoms with Gasteiger partial charge < -0.3 is 0 Å². The van der Waals surface area contributed by atoms with E-state index in [0.29, 0.717) is 0 Å². The molecule has 0 saturated heterocycles. The van der Waals surface area contributed by atoms with Crippen LogP contribution in [-0.4, -0.2) is 0 Å². The summed E-state index contributed by atoms with van der Waals surface area (Å²) in [6.07, 6.45) is 9.14. The van der Waals surface area contributed by atoms with Crippen LogP contribution in [0.4, 0.5) is 0 Å². The average Bonchev–Trinajstić information content (AvgIpc) is 2.11. The van der Waals surface area contributed by atoms with E-state index in [9.17, 15) is 0 Å². The van der Waals surface area contributed by atoms with E-state index >= 15 is 0 Å². The fourth-order valence-electron chi connectivity index (χ4n) is 1.64. The van der Waals surface area contributed by atoms with Crippen molar-refractivity contribution in [3.8, 4) is 0 Å². The van der Waals surface area contributed by atoms with Crippen molar-refractivity contribution in [3.63, 3.8) is 0 Å². The van der Waals surface area contributed by atoms with Gasteiger partial charge in [0, 0.05) is 0 Å². The maximum atomic E-state index is 3.80. The molecule has 0 saturated carbocycles. The van der Waals surface area contributed by atoms with Gasteiger partial charge in [0.05, 0.1) is 0 Å². The summed E-state index contributed by atoms with van der Waals surface area (Å²) in [5.74, 6) is 0.743. The zero-order valence-electron chi connectivity index (χ0n) is 8.77. The van der Waals surface area contributed by atoms with Crippen molar-refractivity contribution in [2.24, 2.45) is 5.92 Å². The van der Waals surface area contributed by atoms with Crippen LogP contribution in [0.1, 0.15) is 46.5 Å². The van der Waals surface area contributed by atoms with Gasteiger partial charge in [-0.3, -0.25) is 0 Å². The zero-order valence-corrected chi connectivity index (χ0v) is 8.77. The Balaban J connectivity index is 4.21. The van der Waals surface area contributed by atoms with Crippen molar-refractivity contribution in [1.29, 1.82) is 0 Å². The molecule has 0 radical (unpaired) electrons. The van der Waals surface area contributed by atoms with Gasteiger partial charge in [-0.25, -0.2) is 0 Å². The van der Waals surface area contributed by atoms with Crippen LogP contribution in [0.25, 0.3) is 0 Å². The first-order valence-electron chi connectivity index (χ1n) is 5.09. The minimum atomic E-state index is 0.743. The van der Waals surface area contributed by atoms with Crippen molar-refractivity contribution in [2.75, 3.05) is 0 Å². The van der Waals surface area contributed by atoms with Gasteiger partial charge in [-0.05, 0) is 31.6 Å². The van der Waals surface area contributed by atoms with Crippen LogP contribution >= 0.6 is 0 Å². The normalized spacial score (nSPS) is 14.4. The Bertz CT molecular complexity index is 142. The average molecular weight is 166 g/mol. The predicted molar refractivity (Wildman–Crippen MR) is 57.3 cm³/mol. The van der Waals surface area contributed by atoms with Gasteiger partial charge in [-0.2, -0.15) is 0 Å². The lowest BCUT2D eigenvalue weighted by Crippen LogP contribution is -2.01. The second kappa shape index (κ2) is 7.15. The first-order chi connectivity index (χ1) is 5.79. The Morgan fingerprint density at radius 2 is 2.00 bits per heavy atom. The summed E-state index contributed by atoms with van der Waals surface area (Å²) < 4.78 is 0. The van der Waals surface area contributed by atoms with Gasteiger partial charge in [0.15, 0.2) is 0 Å². The summed E-state index contributed by atoms with van der Waals surface area (Å²) in [5.41, 5.74) is 1.61. The quantitative estimate of drug-likeness (QED) is 0.515. The lowest BCUT2D eigenvalue weighted by Gasteiger charge is -2.15. The molecule has 0 aromatic heterocycles. The van der Waals surface area contributed by atoms with E-state index in [1.165, 1.54) is 12.8 Å². The molecule has 0 aromatic carbocycles. The molecular weight excluding hydrogens is 144 g/mol. The molecule has 12 heavy (non-hydrogen) atoms. The van der Waals surface area contributed by atoms with Crippen molar-refractivity contribution in [2.45, 2.75) is 46.5 Å². The molecule has 0 spiro atoms. The highest BCUT2D eigenvalue weighted by molar-refractivity contribution is 5.07. The lowest BCUT2D eigenvalue weighted by molar-refractivity contribution is 0.580. The highest BCUT2D eigenvalue weighted by Crippen LogP contribution is 2.22. The summed E-state index contributed by atoms with van der Waals surface area (Å²) >= 11 is 0. The Morgan fingerprint density at radius 1 is 1.33 bits per heavy atom. The lowest BCUT2D eigenvalue weighted by atomic mass is 9.90. The fraction of sp³-hybridized carbons (Fsp3) is 0.667. The van der Waals surface area contributed by atoms with E-state index in [0.717, 1.165) is 18.8 Å². The van der Waals surface area contributed by atoms with Crippen molar-refractivity contribution < 1.29 is 0 Å². The van der Waals surface area contributed by atoms with Crippen LogP contribution in [0.3, 0.4) is 0 Å². The molecule has 0 rings (SSSR count). The van der Waals surface area contributed by atoms with Crippen LogP contribution in [0.2, 0.25) is 0 Å². The molecular formula is C12H22. The first-order valence-corrected chi connectivity index (χ1v) is 5.09. The van der Waals surface area contributed by atoms with Crippen LogP contribution in [0, 0.1) is 5.92 Å². The fourth-order valence-corrected chi connectivity index (χ4v) is 1.64. The highest BCUT2D eigenvalue weighted by Gasteiger charge is 2.07. The smallest absolute Gasteiger partial charge is 0.0171 e. The third-order valence-electron chi connectivity index (χ3n) is 2.34. The molecule has 0 heterocycles. The second-order valence-corrected chi connectivity index (χ2v) is 3.17. The standard InChI is InChI=1S/C12H22/c1-5-9-11(7-3)12(8-4)10-6-2/h5,10-11H,1,6-9H2,2-4H3. The molecule has 1 atom stereocenters. The minimum Gasteiger partial charge on any atom is -0.103 e. The summed E-state index contributed by atoms with van der Waals surface area (Å²) in [6.45, 7) is 10.5. The molecule has 0 nitrogen and oxygen atoms in total. The maximum absolute atomic E-state index is 3.80. The SMILES string of the molecule is C=CCC(CC)C(=CCC)CC. The molecule has 0 amide bonds. The van der Waals surface area contributed by atoms with E-state index in [4.69, 9.17) is 0 Å². The summed E-state index contributed by atoms with van der Waals surface area (Å²) in [4.78, 5) is 0. The summed E-state index contributed by atoms with van der Waals surface area (Å²) in [7, 11) is 0. The van der Waals surface area contributed by atoms with Gasteiger partial charge in [0.25, 0.3) is 0 Å². The van der Waals surface area contributed by atoms with E-state index in [1.807, 2.05) is 6.08 Å². The largest absolute Gasteiger partial charge is 0.103 e. The van der Waals surface area contributed by atoms with E-state index in [-0.39, 0.29) is 0 Å². The number of allylic oxidation sites excluding steroid dienone is 3. The molecule has 0 bridgehead atoms. The number of hydrogen-bond acceptors (Lipinski definition) is 0. The van der Waals surface area contributed by atoms with E-state index in [2.05, 4.69) is 33.4 Å². The third kappa shape index (κ3) is 3.75. The Morgan fingerprint density at radius 3 is 2.33 bits per heavy atom. The molecule has 0 heteroatoms. The molecule has 0 aromatic rings. The molecule has 70 valence electrons. The molecule has 0 aliphatic heterocycles. The van der Waals surface area contributed by atoms with Crippen molar-refractivity contribution in [3.05, 3.63) is 24.3 Å². The molecule has 0 aliphatic rings. The molecule has 0 aliphatic carbocycles. The maximum Gasteiger partial charge on any atom is -0.0171 e. The zero-order chi connectivity index (χ0) is 9.40. The third-order valence-corrected chi connectivity index (χ3v) is 2.34. The van der Waals surface area contributed by atoms with E-state index in [1.54, 1.807) is 5.57 Å². The highest BCUT2D eigenvalue weighted by atomic mass is 14.1. The first kappa shape index (κ1) is 11.5. The van der Waals surface area contributed by atoms with Gasteiger partial charge in [0.2, 0.25) is 0 Å². The Hall–Kier alpha value is -0.520. The Kier molecular flexibility index (Phi) is 6.84. The molecule has 0 N–H and O–H groups in total. The van der Waals surface area contributed by atoms with Crippen LogP contribution in [0.15, 0.2) is 24.3 Å². The van der Waals surface area contributed by atoms with Gasteiger partial charge >= 0.3 is 0 Å². The predicted octanol–water partition coefficient (Wildman–Crippen LogP) is 4.34.